The molecule has 0 aliphatic heterocycles. The molecular weight excluding hydrogens is 436 g/mol. The van der Waals surface area contributed by atoms with Crippen LogP contribution in [0, 0.1) is 5.92 Å². The van der Waals surface area contributed by atoms with Crippen molar-refractivity contribution in [3.8, 4) is 0 Å². The molecule has 1 unspecified atom stereocenters. The molecule has 0 aliphatic carbocycles. The molecule has 2 aromatic rings. The molecule has 1 atom stereocenters. The summed E-state index contributed by atoms with van der Waals surface area (Å²) in [5.74, 6) is -0.172. The van der Waals surface area contributed by atoms with E-state index in [2.05, 4.69) is 17.2 Å². The number of fused-ring (bicyclic) bond motifs is 1. The number of nitrogens with zero attached hydrogens (tertiary/aromatic N) is 3. The number of aromatic nitrogens is 2. The lowest BCUT2D eigenvalue weighted by molar-refractivity contribution is -0.126. The second-order valence-electron chi connectivity index (χ2n) is 8.03. The molecule has 31 heavy (non-hydrogen) atoms. The Morgan fingerprint density at radius 1 is 1.26 bits per heavy atom. The highest BCUT2D eigenvalue weighted by Gasteiger charge is 2.22. The third-order valence-electron chi connectivity index (χ3n) is 4.95. The Bertz CT molecular complexity index is 1050. The molecule has 1 aromatic heterocycles. The van der Waals surface area contributed by atoms with Crippen LogP contribution in [0.3, 0.4) is 0 Å². The molecule has 1 N–H and O–H groups in total. The summed E-state index contributed by atoms with van der Waals surface area (Å²) in [4.78, 5) is 29.0. The summed E-state index contributed by atoms with van der Waals surface area (Å²) in [7, 11) is -0.582. The van der Waals surface area contributed by atoms with Gasteiger partial charge in [0.15, 0.2) is 10.9 Å². The topological polar surface area (TPSA) is 101 Å². The predicted octanol–water partition coefficient (Wildman–Crippen LogP) is 2.91. The van der Waals surface area contributed by atoms with Crippen molar-refractivity contribution < 1.29 is 18.0 Å². The first kappa shape index (κ1) is 25.4. The molecule has 8 nitrogen and oxygen atoms in total. The van der Waals surface area contributed by atoms with Gasteiger partial charge in [-0.15, -0.1) is 0 Å². The van der Waals surface area contributed by atoms with Crippen LogP contribution < -0.4 is 5.32 Å². The van der Waals surface area contributed by atoms with Crippen molar-refractivity contribution >= 4 is 44.5 Å². The minimum Gasteiger partial charge on any atom is -0.345 e. The zero-order chi connectivity index (χ0) is 23.3. The van der Waals surface area contributed by atoms with Gasteiger partial charge >= 0.3 is 0 Å². The number of Topliss-reactive ketones (excluding diaryl/α,β-unsaturated/α-hetero) is 1. The molecule has 1 amide bonds. The van der Waals surface area contributed by atoms with Crippen LogP contribution in [0.25, 0.3) is 11.0 Å². The maximum absolute atomic E-state index is 12.5. The molecular formula is C21H32N4O4S2. The molecule has 0 fully saturated rings. The SMILES string of the molecule is CCCCn1c(SCC(=O)NC(C(C)=O)C(C)C)nc2cc(S(=O)(=O)N(C)C)ccc21. The number of carbonyl (C=O) groups excluding carboxylic acids is 2. The zero-order valence-electron chi connectivity index (χ0n) is 19.0. The first-order chi connectivity index (χ1) is 14.5. The van der Waals surface area contributed by atoms with E-state index in [1.165, 1.54) is 37.1 Å². The van der Waals surface area contributed by atoms with Crippen molar-refractivity contribution in [2.45, 2.75) is 63.2 Å². The van der Waals surface area contributed by atoms with Crippen LogP contribution in [0.15, 0.2) is 28.3 Å². The lowest BCUT2D eigenvalue weighted by atomic mass is 10.0. The van der Waals surface area contributed by atoms with E-state index in [4.69, 9.17) is 0 Å². The smallest absolute Gasteiger partial charge is 0.242 e. The fourth-order valence-corrected chi connectivity index (χ4v) is 4.96. The Hall–Kier alpha value is -1.91. The van der Waals surface area contributed by atoms with Crippen LogP contribution in [0.5, 0.6) is 0 Å². The highest BCUT2D eigenvalue weighted by molar-refractivity contribution is 7.99. The van der Waals surface area contributed by atoms with Gasteiger partial charge in [0, 0.05) is 20.6 Å². The third kappa shape index (κ3) is 6.08. The van der Waals surface area contributed by atoms with Crippen molar-refractivity contribution in [1.82, 2.24) is 19.2 Å². The monoisotopic (exact) mass is 468 g/mol. The van der Waals surface area contributed by atoms with Crippen LogP contribution in [0.4, 0.5) is 0 Å². The minimum atomic E-state index is -3.56. The van der Waals surface area contributed by atoms with E-state index in [-0.39, 0.29) is 28.3 Å². The number of rotatable bonds is 11. The molecule has 0 bridgehead atoms. The number of nitrogens with one attached hydrogen (secondary N) is 1. The van der Waals surface area contributed by atoms with Gasteiger partial charge < -0.3 is 9.88 Å². The van der Waals surface area contributed by atoms with Crippen LogP contribution in [0.1, 0.15) is 40.5 Å². The number of benzene rings is 1. The van der Waals surface area contributed by atoms with Crippen LogP contribution >= 0.6 is 11.8 Å². The van der Waals surface area contributed by atoms with Gasteiger partial charge in [-0.3, -0.25) is 9.59 Å². The average Bonchev–Trinajstić information content (AvgIpc) is 3.04. The van der Waals surface area contributed by atoms with Crippen LogP contribution in [0.2, 0.25) is 0 Å². The number of imidazole rings is 1. The van der Waals surface area contributed by atoms with Gasteiger partial charge in [0.25, 0.3) is 0 Å². The maximum atomic E-state index is 12.5. The Morgan fingerprint density at radius 3 is 2.48 bits per heavy atom. The molecule has 1 heterocycles. The van der Waals surface area contributed by atoms with Gasteiger partial charge in [-0.05, 0) is 37.5 Å². The molecule has 0 radical (unpaired) electrons. The molecule has 0 saturated heterocycles. The number of hydrogen-bond donors (Lipinski definition) is 1. The van der Waals surface area contributed by atoms with Gasteiger partial charge in [-0.25, -0.2) is 17.7 Å². The number of hydrogen-bond acceptors (Lipinski definition) is 6. The minimum absolute atomic E-state index is 0.0117. The van der Waals surface area contributed by atoms with Crippen molar-refractivity contribution in [2.24, 2.45) is 5.92 Å². The normalized spacial score (nSPS) is 13.2. The number of carbonyl (C=O) groups is 2. The number of aryl methyl sites for hydroxylation is 1. The number of sulfonamides is 1. The average molecular weight is 469 g/mol. The Balaban J connectivity index is 2.31. The predicted molar refractivity (Wildman–Crippen MR) is 124 cm³/mol. The van der Waals surface area contributed by atoms with Gasteiger partial charge in [0.05, 0.1) is 27.7 Å². The lowest BCUT2D eigenvalue weighted by Gasteiger charge is -2.19. The van der Waals surface area contributed by atoms with Crippen LogP contribution in [-0.2, 0) is 26.2 Å². The van der Waals surface area contributed by atoms with Gasteiger partial charge in [-0.2, -0.15) is 0 Å². The van der Waals surface area contributed by atoms with E-state index in [0.29, 0.717) is 10.7 Å². The Morgan fingerprint density at radius 2 is 1.94 bits per heavy atom. The van der Waals surface area contributed by atoms with Crippen molar-refractivity contribution in [1.29, 1.82) is 0 Å². The standard InChI is InChI=1S/C21H32N4O4S2/c1-7-8-11-25-18-10-9-16(31(28,29)24(5)6)12-17(18)22-21(25)30-13-19(27)23-20(14(2)3)15(4)26/h9-10,12,14,20H,7-8,11,13H2,1-6H3,(H,23,27). The second kappa shape index (κ2) is 10.6. The summed E-state index contributed by atoms with van der Waals surface area (Å²) in [6.45, 7) is 8.07. The summed E-state index contributed by atoms with van der Waals surface area (Å²) < 4.78 is 28.1. The van der Waals surface area contributed by atoms with E-state index in [1.54, 1.807) is 18.2 Å². The molecule has 0 aliphatic rings. The van der Waals surface area contributed by atoms with Gasteiger partial charge in [0.1, 0.15) is 0 Å². The Kier molecular flexibility index (Phi) is 8.67. The van der Waals surface area contributed by atoms with E-state index in [1.807, 2.05) is 18.4 Å². The Labute approximate surface area is 188 Å². The van der Waals surface area contributed by atoms with Crippen LogP contribution in [-0.4, -0.2) is 59.9 Å². The second-order valence-corrected chi connectivity index (χ2v) is 11.1. The first-order valence-electron chi connectivity index (χ1n) is 10.3. The fourth-order valence-electron chi connectivity index (χ4n) is 3.18. The molecule has 0 spiro atoms. The molecule has 172 valence electrons. The number of thioether (sulfide) groups is 1. The third-order valence-corrected chi connectivity index (χ3v) is 7.74. The first-order valence-corrected chi connectivity index (χ1v) is 12.8. The summed E-state index contributed by atoms with van der Waals surface area (Å²) in [5.41, 5.74) is 1.41. The van der Waals surface area contributed by atoms with Gasteiger partial charge in [0.2, 0.25) is 15.9 Å². The van der Waals surface area contributed by atoms with E-state index < -0.39 is 16.1 Å². The molecule has 10 heteroatoms. The van der Waals surface area contributed by atoms with E-state index in [9.17, 15) is 18.0 Å². The van der Waals surface area contributed by atoms with Gasteiger partial charge in [-0.1, -0.05) is 39.0 Å². The number of unbranched alkanes of at least 4 members (excludes halogenated alkanes) is 1. The van der Waals surface area contributed by atoms with Crippen molar-refractivity contribution in [2.75, 3.05) is 19.8 Å². The summed E-state index contributed by atoms with van der Waals surface area (Å²) in [6.07, 6.45) is 1.93. The van der Waals surface area contributed by atoms with E-state index in [0.717, 1.165) is 24.9 Å². The highest BCUT2D eigenvalue weighted by atomic mass is 32.2. The largest absolute Gasteiger partial charge is 0.345 e. The summed E-state index contributed by atoms with van der Waals surface area (Å²) in [5, 5.41) is 3.45. The maximum Gasteiger partial charge on any atom is 0.242 e. The highest BCUT2D eigenvalue weighted by Crippen LogP contribution is 2.27. The molecule has 1 aromatic carbocycles. The summed E-state index contributed by atoms with van der Waals surface area (Å²) >= 11 is 1.29. The molecule has 0 saturated carbocycles. The van der Waals surface area contributed by atoms with E-state index >= 15 is 0 Å². The van der Waals surface area contributed by atoms with Crippen molar-refractivity contribution in [3.63, 3.8) is 0 Å². The number of amides is 1. The lowest BCUT2D eigenvalue weighted by Crippen LogP contribution is -2.44. The van der Waals surface area contributed by atoms with Crippen molar-refractivity contribution in [3.05, 3.63) is 18.2 Å². The number of ketones is 1. The quantitative estimate of drug-likeness (QED) is 0.509. The molecule has 2 rings (SSSR count). The zero-order valence-corrected chi connectivity index (χ0v) is 20.6. The fraction of sp³-hybridized carbons (Fsp3) is 0.571. The summed E-state index contributed by atoms with van der Waals surface area (Å²) in [6, 6.07) is 4.42.